The van der Waals surface area contributed by atoms with Gasteiger partial charge in [0.25, 0.3) is 0 Å². The molecule has 6 nitrogen and oxygen atoms in total. The molecule has 106 valence electrons. The molecule has 6 heteroatoms. The highest BCUT2D eigenvalue weighted by atomic mass is 16.5. The van der Waals surface area contributed by atoms with Gasteiger partial charge in [-0.05, 0) is 19.2 Å². The number of Topliss-reactive ketones (excluding diaryl/α,β-unsaturated/α-hetero) is 1. The summed E-state index contributed by atoms with van der Waals surface area (Å²) in [5.41, 5.74) is 0.144. The van der Waals surface area contributed by atoms with Crippen molar-refractivity contribution in [1.82, 2.24) is 4.90 Å². The largest absolute Gasteiger partial charge is 0.508 e. The van der Waals surface area contributed by atoms with Gasteiger partial charge in [-0.1, -0.05) is 0 Å². The van der Waals surface area contributed by atoms with Crippen LogP contribution < -0.4 is 0 Å². The Morgan fingerprint density at radius 3 is 2.68 bits per heavy atom. The molecule has 1 aromatic rings. The molecule has 1 unspecified atom stereocenters. The van der Waals surface area contributed by atoms with Gasteiger partial charge >= 0.3 is 0 Å². The van der Waals surface area contributed by atoms with E-state index >= 15 is 0 Å². The summed E-state index contributed by atoms with van der Waals surface area (Å²) in [6, 6.07) is 3.83. The number of carbonyl (C=O) groups is 1. The van der Waals surface area contributed by atoms with Crippen molar-refractivity contribution in [3.63, 3.8) is 0 Å². The summed E-state index contributed by atoms with van der Waals surface area (Å²) in [4.78, 5) is 13.6. The summed E-state index contributed by atoms with van der Waals surface area (Å²) in [7, 11) is 3.18. The summed E-state index contributed by atoms with van der Waals surface area (Å²) in [5.74, 6) is -0.640. The van der Waals surface area contributed by atoms with Crippen LogP contribution in [0.5, 0.6) is 11.5 Å². The predicted octanol–water partition coefficient (Wildman–Crippen LogP) is 0.220. The van der Waals surface area contributed by atoms with Gasteiger partial charge in [0.05, 0.1) is 24.8 Å². The van der Waals surface area contributed by atoms with E-state index < -0.39 is 6.10 Å². The third kappa shape index (κ3) is 4.86. The van der Waals surface area contributed by atoms with Gasteiger partial charge in [-0.25, -0.2) is 0 Å². The monoisotopic (exact) mass is 269 g/mol. The quantitative estimate of drug-likeness (QED) is 0.613. The molecule has 3 N–H and O–H groups in total. The Hall–Kier alpha value is -1.63. The highest BCUT2D eigenvalue weighted by molar-refractivity contribution is 6.00. The lowest BCUT2D eigenvalue weighted by Gasteiger charge is -2.19. The van der Waals surface area contributed by atoms with E-state index in [4.69, 9.17) is 9.84 Å². The number of ketones is 1. The van der Waals surface area contributed by atoms with Gasteiger partial charge in [0.2, 0.25) is 0 Å². The molecule has 0 amide bonds. The van der Waals surface area contributed by atoms with Gasteiger partial charge in [0, 0.05) is 19.7 Å². The molecule has 19 heavy (non-hydrogen) atoms. The Bertz CT molecular complexity index is 435. The number of ether oxygens (including phenoxy) is 1. The molecule has 0 aliphatic heterocycles. The second-order valence-electron chi connectivity index (χ2n) is 4.43. The lowest BCUT2D eigenvalue weighted by molar-refractivity contribution is 0.0427. The van der Waals surface area contributed by atoms with Crippen molar-refractivity contribution in [2.75, 3.05) is 33.9 Å². The van der Waals surface area contributed by atoms with E-state index in [1.54, 1.807) is 11.9 Å². The lowest BCUT2D eigenvalue weighted by atomic mass is 10.1. The fourth-order valence-corrected chi connectivity index (χ4v) is 1.76. The normalized spacial score (nSPS) is 12.6. The molecule has 0 heterocycles. The Kier molecular flexibility index (Phi) is 5.75. The number of rotatable bonds is 7. The SMILES string of the molecule is COCC(O)CN(C)CC(=O)c1ccc(O)cc1O. The molecule has 1 rings (SSSR count). The summed E-state index contributed by atoms with van der Waals surface area (Å²) in [5, 5.41) is 28.3. The fraction of sp³-hybridized carbons (Fsp3) is 0.462. The fourth-order valence-electron chi connectivity index (χ4n) is 1.76. The van der Waals surface area contributed by atoms with Gasteiger partial charge in [-0.3, -0.25) is 9.69 Å². The van der Waals surface area contributed by atoms with E-state index in [9.17, 15) is 15.0 Å². The molecule has 0 bridgehead atoms. The van der Waals surface area contributed by atoms with Crippen LogP contribution >= 0.6 is 0 Å². The number of phenols is 2. The zero-order valence-corrected chi connectivity index (χ0v) is 11.0. The number of likely N-dealkylation sites (N-methyl/N-ethyl adjacent to an activating group) is 1. The van der Waals surface area contributed by atoms with Crippen LogP contribution in [0.3, 0.4) is 0 Å². The van der Waals surface area contributed by atoms with Gasteiger partial charge in [0.15, 0.2) is 5.78 Å². The zero-order chi connectivity index (χ0) is 14.4. The van der Waals surface area contributed by atoms with E-state index in [0.29, 0.717) is 6.54 Å². The van der Waals surface area contributed by atoms with Crippen LogP contribution in [-0.4, -0.2) is 66.0 Å². The van der Waals surface area contributed by atoms with Gasteiger partial charge in [-0.15, -0.1) is 0 Å². The van der Waals surface area contributed by atoms with Gasteiger partial charge < -0.3 is 20.1 Å². The van der Waals surface area contributed by atoms with E-state index in [0.717, 1.165) is 6.07 Å². The number of carbonyl (C=O) groups excluding carboxylic acids is 1. The van der Waals surface area contributed by atoms with Crippen molar-refractivity contribution in [3.8, 4) is 11.5 Å². The third-order valence-corrected chi connectivity index (χ3v) is 2.58. The van der Waals surface area contributed by atoms with Gasteiger partial charge in [0.1, 0.15) is 11.5 Å². The van der Waals surface area contributed by atoms with Crippen LogP contribution in [-0.2, 0) is 4.74 Å². The van der Waals surface area contributed by atoms with Gasteiger partial charge in [-0.2, -0.15) is 0 Å². The minimum absolute atomic E-state index is 0.0547. The first-order chi connectivity index (χ1) is 8.93. The van der Waals surface area contributed by atoms with Crippen molar-refractivity contribution in [1.29, 1.82) is 0 Å². The van der Waals surface area contributed by atoms with Crippen LogP contribution in [0, 0.1) is 0 Å². The number of hydrogen-bond acceptors (Lipinski definition) is 6. The number of aromatic hydroxyl groups is 2. The minimum Gasteiger partial charge on any atom is -0.508 e. The molecule has 1 atom stereocenters. The first kappa shape index (κ1) is 15.4. The average molecular weight is 269 g/mol. The van der Waals surface area contributed by atoms with Crippen molar-refractivity contribution >= 4 is 5.78 Å². The maximum absolute atomic E-state index is 11.9. The molecule has 0 spiro atoms. The second-order valence-corrected chi connectivity index (χ2v) is 4.43. The molecule has 0 saturated heterocycles. The third-order valence-electron chi connectivity index (χ3n) is 2.58. The number of nitrogens with zero attached hydrogens (tertiary/aromatic N) is 1. The standard InChI is InChI=1S/C13H19NO5/c1-14(6-10(16)8-19-2)7-13(18)11-4-3-9(15)5-12(11)17/h3-5,10,15-17H,6-8H2,1-2H3. The lowest BCUT2D eigenvalue weighted by Crippen LogP contribution is -2.35. The highest BCUT2D eigenvalue weighted by Gasteiger charge is 2.15. The van der Waals surface area contributed by atoms with E-state index in [2.05, 4.69) is 0 Å². The van der Waals surface area contributed by atoms with E-state index in [1.165, 1.54) is 19.2 Å². The predicted molar refractivity (Wildman–Crippen MR) is 69.5 cm³/mol. The minimum atomic E-state index is -0.670. The summed E-state index contributed by atoms with van der Waals surface area (Å²) >= 11 is 0. The Morgan fingerprint density at radius 1 is 1.42 bits per heavy atom. The number of aliphatic hydroxyl groups excluding tert-OH is 1. The number of benzene rings is 1. The number of aliphatic hydroxyl groups is 1. The molecule has 0 fully saturated rings. The second kappa shape index (κ2) is 7.08. The Morgan fingerprint density at radius 2 is 2.11 bits per heavy atom. The van der Waals surface area contributed by atoms with Crippen molar-refractivity contribution in [3.05, 3.63) is 23.8 Å². The molecule has 0 aliphatic rings. The molecule has 0 saturated carbocycles. The van der Waals surface area contributed by atoms with Crippen molar-refractivity contribution in [2.45, 2.75) is 6.10 Å². The molecular weight excluding hydrogens is 250 g/mol. The average Bonchev–Trinajstić information content (AvgIpc) is 2.28. The van der Waals surface area contributed by atoms with Crippen LogP contribution in [0.25, 0.3) is 0 Å². The molecule has 0 radical (unpaired) electrons. The van der Waals surface area contributed by atoms with Crippen LogP contribution in [0.1, 0.15) is 10.4 Å². The zero-order valence-electron chi connectivity index (χ0n) is 11.0. The summed E-state index contributed by atoms with van der Waals surface area (Å²) in [6.45, 7) is 0.542. The smallest absolute Gasteiger partial charge is 0.180 e. The number of phenolic OH excluding ortho intramolecular Hbond substituents is 2. The first-order valence-corrected chi connectivity index (χ1v) is 5.84. The van der Waals surface area contributed by atoms with Crippen LogP contribution in [0.15, 0.2) is 18.2 Å². The van der Waals surface area contributed by atoms with E-state index in [1.807, 2.05) is 0 Å². The maximum atomic E-state index is 11.9. The maximum Gasteiger partial charge on any atom is 0.180 e. The van der Waals surface area contributed by atoms with E-state index in [-0.39, 0.29) is 36.0 Å². The number of hydrogen-bond donors (Lipinski definition) is 3. The van der Waals surface area contributed by atoms with Crippen LogP contribution in [0.2, 0.25) is 0 Å². The molecular formula is C13H19NO5. The summed E-state index contributed by atoms with van der Waals surface area (Å²) in [6.07, 6.45) is -0.670. The topological polar surface area (TPSA) is 90.2 Å². The summed E-state index contributed by atoms with van der Waals surface area (Å²) < 4.78 is 4.80. The molecule has 0 aliphatic carbocycles. The molecule has 1 aromatic carbocycles. The highest BCUT2D eigenvalue weighted by Crippen LogP contribution is 2.22. The van der Waals surface area contributed by atoms with Crippen molar-refractivity contribution < 1.29 is 24.9 Å². The Balaban J connectivity index is 2.59. The van der Waals surface area contributed by atoms with Crippen LogP contribution in [0.4, 0.5) is 0 Å². The van der Waals surface area contributed by atoms with Crippen molar-refractivity contribution in [2.24, 2.45) is 0 Å². The number of methoxy groups -OCH3 is 1. The Labute approximate surface area is 111 Å². The molecule has 0 aromatic heterocycles. The first-order valence-electron chi connectivity index (χ1n) is 5.84.